The molecule has 0 radical (unpaired) electrons. The number of imidazole rings is 1. The van der Waals surface area contributed by atoms with E-state index in [1.807, 2.05) is 12.1 Å². The highest BCUT2D eigenvalue weighted by molar-refractivity contribution is 7.71. The summed E-state index contributed by atoms with van der Waals surface area (Å²) in [5.74, 6) is 0. The van der Waals surface area contributed by atoms with Crippen molar-refractivity contribution in [2.45, 2.75) is 44.6 Å². The molecule has 0 bridgehead atoms. The van der Waals surface area contributed by atoms with Crippen LogP contribution in [0.4, 0.5) is 0 Å². The predicted molar refractivity (Wildman–Crippen MR) is 83.9 cm³/mol. The largest absolute Gasteiger partial charge is 0.331 e. The number of aromatic amines is 1. The van der Waals surface area contributed by atoms with E-state index in [0.29, 0.717) is 16.1 Å². The smallest absolute Gasteiger partial charge is 0.178 e. The molecule has 0 aliphatic heterocycles. The third kappa shape index (κ3) is 2.56. The molecule has 0 amide bonds. The van der Waals surface area contributed by atoms with Crippen LogP contribution in [0.1, 0.15) is 44.6 Å². The molecule has 5 heteroatoms. The molecule has 0 saturated heterocycles. The van der Waals surface area contributed by atoms with Crippen molar-refractivity contribution < 1.29 is 0 Å². The van der Waals surface area contributed by atoms with E-state index >= 15 is 0 Å². The van der Waals surface area contributed by atoms with E-state index in [9.17, 15) is 0 Å². The molecule has 1 aliphatic rings. The number of hydrogen-bond donors (Lipinski definition) is 1. The molecule has 1 saturated carbocycles. The average Bonchev–Trinajstić information content (AvgIpc) is 2.57. The summed E-state index contributed by atoms with van der Waals surface area (Å²) in [6, 6.07) is 4.28. The third-order valence-electron chi connectivity index (χ3n) is 3.95. The van der Waals surface area contributed by atoms with Gasteiger partial charge in [0.1, 0.15) is 0 Å². The van der Waals surface area contributed by atoms with Crippen LogP contribution in [0.25, 0.3) is 11.0 Å². The fraction of sp³-hybridized carbons (Fsp3) is 0.500. The van der Waals surface area contributed by atoms with E-state index in [-0.39, 0.29) is 0 Å². The molecule has 19 heavy (non-hydrogen) atoms. The summed E-state index contributed by atoms with van der Waals surface area (Å²) in [6.07, 6.45) is 7.61. The monoisotopic (exact) mass is 314 g/mol. The van der Waals surface area contributed by atoms with E-state index in [1.165, 1.54) is 38.5 Å². The molecule has 3 rings (SSSR count). The van der Waals surface area contributed by atoms with Crippen molar-refractivity contribution in [3.63, 3.8) is 0 Å². The zero-order chi connectivity index (χ0) is 13.4. The van der Waals surface area contributed by atoms with Crippen molar-refractivity contribution in [1.82, 2.24) is 9.55 Å². The van der Waals surface area contributed by atoms with Crippen molar-refractivity contribution in [1.29, 1.82) is 0 Å². The number of nitrogens with one attached hydrogen (secondary N) is 1. The van der Waals surface area contributed by atoms with Crippen LogP contribution in [0.2, 0.25) is 10.0 Å². The molecule has 1 aromatic heterocycles. The second kappa shape index (κ2) is 5.47. The van der Waals surface area contributed by atoms with Gasteiger partial charge < -0.3 is 9.55 Å². The number of hydrogen-bond acceptors (Lipinski definition) is 1. The maximum absolute atomic E-state index is 6.15. The number of rotatable bonds is 1. The second-order valence-electron chi connectivity index (χ2n) is 5.23. The Morgan fingerprint density at radius 2 is 1.68 bits per heavy atom. The quantitative estimate of drug-likeness (QED) is 0.513. The average molecular weight is 315 g/mol. The summed E-state index contributed by atoms with van der Waals surface area (Å²) in [5, 5.41) is 1.16. The topological polar surface area (TPSA) is 20.7 Å². The standard InChI is InChI=1S/C14H16Cl2N2S/c15-10-7-12-13(8-11(10)16)18(14(19)17-12)9-5-3-1-2-4-6-9/h7-9H,1-6H2,(H,17,19). The van der Waals surface area contributed by atoms with E-state index in [1.54, 1.807) is 0 Å². The number of aromatic nitrogens is 2. The van der Waals surface area contributed by atoms with Crippen LogP contribution in [0, 0.1) is 4.77 Å². The minimum atomic E-state index is 0.487. The summed E-state index contributed by atoms with van der Waals surface area (Å²) in [4.78, 5) is 3.25. The Hall–Kier alpha value is -0.510. The minimum Gasteiger partial charge on any atom is -0.331 e. The highest BCUT2D eigenvalue weighted by Gasteiger charge is 2.18. The molecule has 1 heterocycles. The Kier molecular flexibility index (Phi) is 3.88. The normalized spacial score (nSPS) is 17.8. The van der Waals surface area contributed by atoms with Crippen LogP contribution in [0.5, 0.6) is 0 Å². The molecule has 1 N–H and O–H groups in total. The van der Waals surface area contributed by atoms with Gasteiger partial charge in [-0.2, -0.15) is 0 Å². The number of halogens is 2. The van der Waals surface area contributed by atoms with Crippen LogP contribution in [-0.2, 0) is 0 Å². The summed E-state index contributed by atoms with van der Waals surface area (Å²) < 4.78 is 3.01. The lowest BCUT2D eigenvalue weighted by Gasteiger charge is -2.17. The highest BCUT2D eigenvalue weighted by Crippen LogP contribution is 2.33. The van der Waals surface area contributed by atoms with Crippen molar-refractivity contribution >= 4 is 46.5 Å². The highest BCUT2D eigenvalue weighted by atomic mass is 35.5. The molecule has 0 atom stereocenters. The number of nitrogens with zero attached hydrogens (tertiary/aromatic N) is 1. The fourth-order valence-corrected chi connectivity index (χ4v) is 3.68. The molecule has 102 valence electrons. The van der Waals surface area contributed by atoms with Crippen LogP contribution < -0.4 is 0 Å². The summed E-state index contributed by atoms with van der Waals surface area (Å²) >= 11 is 17.7. The summed E-state index contributed by atoms with van der Waals surface area (Å²) in [6.45, 7) is 0. The molecular weight excluding hydrogens is 299 g/mol. The Labute approximate surface area is 127 Å². The minimum absolute atomic E-state index is 0.487. The van der Waals surface area contributed by atoms with Crippen molar-refractivity contribution in [2.75, 3.05) is 0 Å². The number of benzene rings is 1. The molecule has 1 fully saturated rings. The first-order chi connectivity index (χ1) is 9.16. The van der Waals surface area contributed by atoms with E-state index in [2.05, 4.69) is 9.55 Å². The van der Waals surface area contributed by atoms with Gasteiger partial charge >= 0.3 is 0 Å². The van der Waals surface area contributed by atoms with Crippen LogP contribution in [0.3, 0.4) is 0 Å². The van der Waals surface area contributed by atoms with Crippen molar-refractivity contribution in [3.8, 4) is 0 Å². The van der Waals surface area contributed by atoms with Gasteiger partial charge in [0.25, 0.3) is 0 Å². The molecule has 1 aromatic carbocycles. The zero-order valence-electron chi connectivity index (χ0n) is 10.6. The summed E-state index contributed by atoms with van der Waals surface area (Å²) in [7, 11) is 0. The number of H-pyrrole nitrogens is 1. The lowest BCUT2D eigenvalue weighted by atomic mass is 10.1. The molecule has 0 spiro atoms. The second-order valence-corrected chi connectivity index (χ2v) is 6.43. The predicted octanol–water partition coefficient (Wildman–Crippen LogP) is 5.90. The van der Waals surface area contributed by atoms with Crippen molar-refractivity contribution in [2.24, 2.45) is 0 Å². The van der Waals surface area contributed by atoms with Crippen LogP contribution >= 0.6 is 35.4 Å². The van der Waals surface area contributed by atoms with Gasteiger partial charge in [-0.25, -0.2) is 0 Å². The Bertz CT molecular complexity index is 651. The Morgan fingerprint density at radius 1 is 1.05 bits per heavy atom. The number of fused-ring (bicyclic) bond motifs is 1. The molecular formula is C14H16Cl2N2S. The maximum Gasteiger partial charge on any atom is 0.178 e. The van der Waals surface area contributed by atoms with Gasteiger partial charge in [-0.15, -0.1) is 0 Å². The van der Waals surface area contributed by atoms with Gasteiger partial charge in [0, 0.05) is 6.04 Å². The van der Waals surface area contributed by atoms with Gasteiger partial charge in [0.15, 0.2) is 4.77 Å². The van der Waals surface area contributed by atoms with Gasteiger partial charge in [-0.1, -0.05) is 48.9 Å². The third-order valence-corrected chi connectivity index (χ3v) is 4.97. The van der Waals surface area contributed by atoms with Crippen LogP contribution in [-0.4, -0.2) is 9.55 Å². The van der Waals surface area contributed by atoms with Crippen molar-refractivity contribution in [3.05, 3.63) is 26.9 Å². The van der Waals surface area contributed by atoms with E-state index < -0.39 is 0 Å². The molecule has 2 aromatic rings. The zero-order valence-corrected chi connectivity index (χ0v) is 12.9. The first-order valence-electron chi connectivity index (χ1n) is 6.76. The first kappa shape index (κ1) is 13.5. The lowest BCUT2D eigenvalue weighted by molar-refractivity contribution is 0.450. The SMILES string of the molecule is S=c1[nH]c2cc(Cl)c(Cl)cc2n1C1CCCCCC1. The van der Waals surface area contributed by atoms with E-state index in [4.69, 9.17) is 35.4 Å². The lowest BCUT2D eigenvalue weighted by Crippen LogP contribution is -2.08. The van der Waals surface area contributed by atoms with Gasteiger partial charge in [-0.05, 0) is 37.2 Å². The molecule has 1 aliphatic carbocycles. The molecule has 0 unspecified atom stereocenters. The maximum atomic E-state index is 6.15. The van der Waals surface area contributed by atoms with Gasteiger partial charge in [0.2, 0.25) is 0 Å². The van der Waals surface area contributed by atoms with Crippen LogP contribution in [0.15, 0.2) is 12.1 Å². The Balaban J connectivity index is 2.14. The summed E-state index contributed by atoms with van der Waals surface area (Å²) in [5.41, 5.74) is 2.05. The van der Waals surface area contributed by atoms with Gasteiger partial charge in [-0.3, -0.25) is 0 Å². The molecule has 2 nitrogen and oxygen atoms in total. The van der Waals surface area contributed by atoms with E-state index in [0.717, 1.165) is 15.8 Å². The Morgan fingerprint density at radius 3 is 2.37 bits per heavy atom. The first-order valence-corrected chi connectivity index (χ1v) is 7.92. The van der Waals surface area contributed by atoms with Gasteiger partial charge in [0.05, 0.1) is 21.1 Å². The fourth-order valence-electron chi connectivity index (χ4n) is 3.00.